The first kappa shape index (κ1) is 12.3. The minimum Gasteiger partial charge on any atom is -0.353 e. The first-order valence-electron chi connectivity index (χ1n) is 3.66. The third-order valence-corrected chi connectivity index (χ3v) is 1.77. The van der Waals surface area contributed by atoms with E-state index in [1.165, 1.54) is 0 Å². The molecule has 0 bridgehead atoms. The van der Waals surface area contributed by atoms with E-state index in [-0.39, 0.29) is 12.4 Å². The summed E-state index contributed by atoms with van der Waals surface area (Å²) in [4.78, 5) is 5.93. The van der Waals surface area contributed by atoms with Crippen LogP contribution in [0.4, 0.5) is 5.69 Å². The molecule has 0 heterocycles. The molecule has 13 heavy (non-hydrogen) atoms. The first-order valence-corrected chi connectivity index (χ1v) is 4.04. The number of nitrogens with zero attached hydrogens (tertiary/aromatic N) is 2. The van der Waals surface area contributed by atoms with Gasteiger partial charge in [0.05, 0.1) is 5.69 Å². The Bertz CT molecular complexity index is 270. The lowest BCUT2D eigenvalue weighted by Crippen LogP contribution is -2.15. The molecule has 0 aromatic heterocycles. The maximum atomic E-state index is 5.83. The van der Waals surface area contributed by atoms with Crippen molar-refractivity contribution in [2.24, 2.45) is 4.99 Å². The van der Waals surface area contributed by atoms with Crippen molar-refractivity contribution in [1.82, 2.24) is 4.90 Å². The predicted octanol–water partition coefficient (Wildman–Crippen LogP) is 2.90. The summed E-state index contributed by atoms with van der Waals surface area (Å²) in [6.45, 7) is 0. The van der Waals surface area contributed by atoms with Gasteiger partial charge in [0, 0.05) is 14.1 Å². The predicted molar refractivity (Wildman–Crippen MR) is 60.3 cm³/mol. The number of para-hydroxylation sites is 1. The van der Waals surface area contributed by atoms with E-state index in [2.05, 4.69) is 4.99 Å². The summed E-state index contributed by atoms with van der Waals surface area (Å²) >= 11 is 5.83. The van der Waals surface area contributed by atoms with Crippen LogP contribution in [0.1, 0.15) is 0 Å². The van der Waals surface area contributed by atoms with Gasteiger partial charge in [-0.1, -0.05) is 18.2 Å². The largest absolute Gasteiger partial charge is 0.353 e. The summed E-state index contributed by atoms with van der Waals surface area (Å²) < 4.78 is 0. The van der Waals surface area contributed by atoms with Crippen molar-refractivity contribution >= 4 is 35.0 Å². The van der Waals surface area contributed by atoms with E-state index in [9.17, 15) is 0 Å². The number of rotatable bonds is 1. The van der Waals surface area contributed by atoms with Crippen LogP contribution < -0.4 is 0 Å². The van der Waals surface area contributed by atoms with Gasteiger partial charge >= 0.3 is 0 Å². The zero-order valence-corrected chi connectivity index (χ0v) is 9.14. The lowest BCUT2D eigenvalue weighted by Gasteiger charge is -2.07. The molecule has 72 valence electrons. The first-order chi connectivity index (χ1) is 5.70. The van der Waals surface area contributed by atoms with E-state index in [4.69, 9.17) is 11.6 Å². The molecule has 0 aliphatic rings. The van der Waals surface area contributed by atoms with Crippen LogP contribution in [0.2, 0.25) is 0 Å². The number of hydrogen-bond acceptors (Lipinski definition) is 1. The van der Waals surface area contributed by atoms with Crippen LogP contribution >= 0.6 is 24.0 Å². The normalized spacial score (nSPS) is 10.5. The summed E-state index contributed by atoms with van der Waals surface area (Å²) in [6, 6.07) is 9.62. The molecule has 0 atom stereocenters. The highest BCUT2D eigenvalue weighted by Crippen LogP contribution is 2.11. The van der Waals surface area contributed by atoms with Crippen molar-refractivity contribution in [3.63, 3.8) is 0 Å². The van der Waals surface area contributed by atoms with Crippen LogP contribution in [0, 0.1) is 0 Å². The maximum Gasteiger partial charge on any atom is 0.198 e. The summed E-state index contributed by atoms with van der Waals surface area (Å²) in [5, 5.41) is 0.487. The van der Waals surface area contributed by atoms with Gasteiger partial charge in [0.2, 0.25) is 0 Å². The van der Waals surface area contributed by atoms with E-state index in [1.807, 2.05) is 44.4 Å². The van der Waals surface area contributed by atoms with Crippen LogP contribution in [-0.4, -0.2) is 24.3 Å². The van der Waals surface area contributed by atoms with Gasteiger partial charge in [0.15, 0.2) is 5.29 Å². The Hall–Kier alpha value is -0.730. The molecule has 0 radical (unpaired) electrons. The molecular weight excluding hydrogens is 207 g/mol. The fourth-order valence-corrected chi connectivity index (χ4v) is 0.807. The van der Waals surface area contributed by atoms with Gasteiger partial charge in [0.1, 0.15) is 0 Å². The SMILES string of the molecule is CN(C)/C(Cl)=N/c1ccccc1.Cl. The molecule has 4 heteroatoms. The Balaban J connectivity index is 0.00000144. The molecule has 0 spiro atoms. The molecule has 0 saturated carbocycles. The molecule has 0 fully saturated rings. The number of amidine groups is 1. The second-order valence-electron chi connectivity index (χ2n) is 2.61. The lowest BCUT2D eigenvalue weighted by molar-refractivity contribution is 0.635. The second-order valence-corrected chi connectivity index (χ2v) is 2.95. The standard InChI is InChI=1S/C9H11ClN2.ClH/c1-12(2)9(10)11-8-6-4-3-5-7-8;/h3-7H,1-2H3;1H/b11-9+;. The maximum absolute atomic E-state index is 5.83. The Labute approximate surface area is 89.6 Å². The molecule has 1 rings (SSSR count). The van der Waals surface area contributed by atoms with Crippen LogP contribution in [0.3, 0.4) is 0 Å². The van der Waals surface area contributed by atoms with E-state index in [0.717, 1.165) is 5.69 Å². The zero-order chi connectivity index (χ0) is 8.97. The molecule has 0 aliphatic carbocycles. The van der Waals surface area contributed by atoms with Crippen molar-refractivity contribution in [1.29, 1.82) is 0 Å². The fraction of sp³-hybridized carbons (Fsp3) is 0.222. The lowest BCUT2D eigenvalue weighted by atomic mass is 10.3. The van der Waals surface area contributed by atoms with Crippen molar-refractivity contribution in [3.8, 4) is 0 Å². The number of benzene rings is 1. The molecule has 0 aliphatic heterocycles. The van der Waals surface area contributed by atoms with Crippen LogP contribution in [0.25, 0.3) is 0 Å². The number of hydrogen-bond donors (Lipinski definition) is 0. The third-order valence-electron chi connectivity index (χ3n) is 1.35. The Morgan fingerprint density at radius 3 is 2.23 bits per heavy atom. The summed E-state index contributed by atoms with van der Waals surface area (Å²) in [5.74, 6) is 0. The van der Waals surface area contributed by atoms with Gasteiger partial charge in [-0.05, 0) is 23.7 Å². The average Bonchev–Trinajstić information content (AvgIpc) is 2.06. The molecule has 0 saturated heterocycles. The van der Waals surface area contributed by atoms with E-state index >= 15 is 0 Å². The Kier molecular flexibility index (Phi) is 5.51. The topological polar surface area (TPSA) is 15.6 Å². The van der Waals surface area contributed by atoms with Gasteiger partial charge in [-0.2, -0.15) is 0 Å². The minimum absolute atomic E-state index is 0. The van der Waals surface area contributed by atoms with Crippen LogP contribution in [0.15, 0.2) is 35.3 Å². The molecule has 1 aromatic carbocycles. The van der Waals surface area contributed by atoms with Crippen LogP contribution in [0.5, 0.6) is 0 Å². The van der Waals surface area contributed by atoms with Crippen molar-refractivity contribution in [3.05, 3.63) is 30.3 Å². The third kappa shape index (κ3) is 4.15. The fourth-order valence-electron chi connectivity index (χ4n) is 0.709. The van der Waals surface area contributed by atoms with Gasteiger partial charge in [-0.25, -0.2) is 4.99 Å². The van der Waals surface area contributed by atoms with E-state index < -0.39 is 0 Å². The van der Waals surface area contributed by atoms with Gasteiger partial charge in [-0.15, -0.1) is 12.4 Å². The number of aliphatic imine (C=N–C) groups is 1. The Morgan fingerprint density at radius 2 is 1.77 bits per heavy atom. The highest BCUT2D eigenvalue weighted by molar-refractivity contribution is 6.64. The van der Waals surface area contributed by atoms with Crippen LogP contribution in [-0.2, 0) is 0 Å². The number of halogens is 2. The highest BCUT2D eigenvalue weighted by atomic mass is 35.5. The van der Waals surface area contributed by atoms with Crippen molar-refractivity contribution in [2.75, 3.05) is 14.1 Å². The summed E-state index contributed by atoms with van der Waals surface area (Å²) in [6.07, 6.45) is 0. The average molecular weight is 219 g/mol. The summed E-state index contributed by atoms with van der Waals surface area (Å²) in [7, 11) is 3.71. The van der Waals surface area contributed by atoms with Crippen molar-refractivity contribution in [2.45, 2.75) is 0 Å². The molecule has 0 amide bonds. The monoisotopic (exact) mass is 218 g/mol. The highest BCUT2D eigenvalue weighted by Gasteiger charge is 1.95. The minimum atomic E-state index is 0. The molecule has 2 nitrogen and oxygen atoms in total. The van der Waals surface area contributed by atoms with Gasteiger partial charge < -0.3 is 4.90 Å². The zero-order valence-electron chi connectivity index (χ0n) is 7.57. The molecule has 0 unspecified atom stereocenters. The van der Waals surface area contributed by atoms with E-state index in [0.29, 0.717) is 5.29 Å². The smallest absolute Gasteiger partial charge is 0.198 e. The quantitative estimate of drug-likeness (QED) is 0.403. The van der Waals surface area contributed by atoms with Crippen molar-refractivity contribution < 1.29 is 0 Å². The van der Waals surface area contributed by atoms with Gasteiger partial charge in [0.25, 0.3) is 0 Å². The Morgan fingerprint density at radius 1 is 1.23 bits per heavy atom. The molecule has 0 N–H and O–H groups in total. The molecular formula is C9H12Cl2N2. The summed E-state index contributed by atoms with van der Waals surface area (Å²) in [5.41, 5.74) is 0.871. The molecule has 1 aromatic rings. The van der Waals surface area contributed by atoms with Gasteiger partial charge in [-0.3, -0.25) is 0 Å². The second kappa shape index (κ2) is 5.84. The van der Waals surface area contributed by atoms with E-state index in [1.54, 1.807) is 4.90 Å².